The third-order valence-electron chi connectivity index (χ3n) is 4.30. The second-order valence-electron chi connectivity index (χ2n) is 5.38. The molecule has 0 spiro atoms. The van der Waals surface area contributed by atoms with Crippen molar-refractivity contribution in [3.8, 4) is 0 Å². The predicted octanol–water partition coefficient (Wildman–Crippen LogP) is 0.952. The molecule has 1 N–H and O–H groups in total. The lowest BCUT2D eigenvalue weighted by molar-refractivity contribution is -0.134. The van der Waals surface area contributed by atoms with Gasteiger partial charge in [-0.2, -0.15) is 5.21 Å². The van der Waals surface area contributed by atoms with Crippen LogP contribution >= 0.6 is 0 Å². The third-order valence-corrected chi connectivity index (χ3v) is 4.30. The molecule has 1 aromatic rings. The zero-order chi connectivity index (χ0) is 12.5. The van der Waals surface area contributed by atoms with Crippen LogP contribution in [0.2, 0.25) is 0 Å². The second kappa shape index (κ2) is 4.66. The Kier molecular flexibility index (Phi) is 3.01. The van der Waals surface area contributed by atoms with Gasteiger partial charge >= 0.3 is 0 Å². The molecule has 6 nitrogen and oxygen atoms in total. The summed E-state index contributed by atoms with van der Waals surface area (Å²) in [5.41, 5.74) is 0. The van der Waals surface area contributed by atoms with Gasteiger partial charge in [0.1, 0.15) is 0 Å². The van der Waals surface area contributed by atoms with Crippen LogP contribution < -0.4 is 0 Å². The molecular weight excluding hydrogens is 230 g/mol. The number of aromatic amines is 1. The summed E-state index contributed by atoms with van der Waals surface area (Å²) in [6.45, 7) is 3.84. The van der Waals surface area contributed by atoms with Crippen LogP contribution in [0.3, 0.4) is 0 Å². The Morgan fingerprint density at radius 2 is 2.22 bits per heavy atom. The molecule has 1 saturated heterocycles. The second-order valence-corrected chi connectivity index (χ2v) is 5.38. The summed E-state index contributed by atoms with van der Waals surface area (Å²) in [7, 11) is 0. The molecule has 2 atom stereocenters. The molecule has 18 heavy (non-hydrogen) atoms. The van der Waals surface area contributed by atoms with Crippen LogP contribution in [-0.4, -0.2) is 44.5 Å². The molecule has 1 amide bonds. The van der Waals surface area contributed by atoms with Gasteiger partial charge in [0, 0.05) is 24.9 Å². The number of hydrogen-bond donors (Lipinski definition) is 1. The van der Waals surface area contributed by atoms with Crippen LogP contribution in [0.15, 0.2) is 0 Å². The van der Waals surface area contributed by atoms with E-state index in [4.69, 9.17) is 0 Å². The minimum atomic E-state index is 0.316. The van der Waals surface area contributed by atoms with Gasteiger partial charge < -0.3 is 4.90 Å². The molecule has 2 fully saturated rings. The number of likely N-dealkylation sites (tertiary alicyclic amines) is 1. The Hall–Kier alpha value is -1.46. The van der Waals surface area contributed by atoms with Crippen LogP contribution in [0, 0.1) is 11.8 Å². The highest BCUT2D eigenvalue weighted by Gasteiger charge is 2.44. The van der Waals surface area contributed by atoms with Gasteiger partial charge in [-0.25, -0.2) is 0 Å². The maximum atomic E-state index is 12.2. The normalized spacial score (nSPS) is 28.4. The zero-order valence-corrected chi connectivity index (χ0v) is 10.7. The molecule has 1 aromatic heterocycles. The number of nitrogens with one attached hydrogen (secondary N) is 1. The van der Waals surface area contributed by atoms with E-state index in [2.05, 4.69) is 27.5 Å². The zero-order valence-electron chi connectivity index (χ0n) is 10.7. The number of H-pyrrole nitrogens is 1. The van der Waals surface area contributed by atoms with Gasteiger partial charge in [-0.05, 0) is 25.2 Å². The fraction of sp³-hybridized carbons (Fsp3) is 0.833. The van der Waals surface area contributed by atoms with E-state index in [1.54, 1.807) is 0 Å². The van der Waals surface area contributed by atoms with E-state index in [1.165, 1.54) is 0 Å². The molecule has 0 radical (unpaired) electrons. The van der Waals surface area contributed by atoms with Crippen LogP contribution in [0.5, 0.6) is 0 Å². The number of tetrazole rings is 1. The van der Waals surface area contributed by atoms with E-state index in [0.717, 1.165) is 44.6 Å². The quantitative estimate of drug-likeness (QED) is 0.865. The Bertz CT molecular complexity index is 410. The highest BCUT2D eigenvalue weighted by molar-refractivity contribution is 5.81. The molecule has 0 unspecified atom stereocenters. The van der Waals surface area contributed by atoms with E-state index in [1.807, 2.05) is 4.90 Å². The number of carbonyl (C=O) groups is 1. The number of nitrogens with zero attached hydrogens (tertiary/aromatic N) is 4. The molecule has 98 valence electrons. The Balaban J connectivity index is 1.53. The van der Waals surface area contributed by atoms with Gasteiger partial charge in [0.15, 0.2) is 5.82 Å². The molecule has 3 rings (SSSR count). The summed E-state index contributed by atoms with van der Waals surface area (Å²) in [4.78, 5) is 14.2. The molecule has 1 aliphatic carbocycles. The monoisotopic (exact) mass is 249 g/mol. The summed E-state index contributed by atoms with van der Waals surface area (Å²) >= 11 is 0. The molecule has 0 aromatic carbocycles. The molecule has 2 heterocycles. The topological polar surface area (TPSA) is 74.8 Å². The van der Waals surface area contributed by atoms with Crippen molar-refractivity contribution in [2.45, 2.75) is 38.5 Å². The Labute approximate surface area is 106 Å². The minimum absolute atomic E-state index is 0.316. The highest BCUT2D eigenvalue weighted by atomic mass is 16.2. The maximum absolute atomic E-state index is 12.2. The first-order chi connectivity index (χ1) is 8.79. The van der Waals surface area contributed by atoms with Crippen molar-refractivity contribution >= 4 is 5.91 Å². The van der Waals surface area contributed by atoms with Gasteiger partial charge in [0.05, 0.1) is 0 Å². The van der Waals surface area contributed by atoms with Crippen LogP contribution in [0.4, 0.5) is 0 Å². The smallest absolute Gasteiger partial charge is 0.225 e. The lowest BCUT2D eigenvalue weighted by Gasteiger charge is -2.30. The van der Waals surface area contributed by atoms with Crippen LogP contribution in [-0.2, 0) is 4.79 Å². The molecule has 2 aliphatic rings. The number of amides is 1. The number of hydrogen-bond acceptors (Lipinski definition) is 4. The van der Waals surface area contributed by atoms with Gasteiger partial charge in [-0.1, -0.05) is 18.6 Å². The molecule has 1 saturated carbocycles. The van der Waals surface area contributed by atoms with Crippen LogP contribution in [0.25, 0.3) is 0 Å². The van der Waals surface area contributed by atoms with Crippen molar-refractivity contribution in [1.29, 1.82) is 0 Å². The highest BCUT2D eigenvalue weighted by Crippen LogP contribution is 2.43. The lowest BCUT2D eigenvalue weighted by atomic mass is 9.96. The van der Waals surface area contributed by atoms with E-state index in [-0.39, 0.29) is 0 Å². The Morgan fingerprint density at radius 1 is 1.44 bits per heavy atom. The first-order valence-electron chi connectivity index (χ1n) is 6.81. The first kappa shape index (κ1) is 11.6. The molecule has 1 aliphatic heterocycles. The maximum Gasteiger partial charge on any atom is 0.225 e. The van der Waals surface area contributed by atoms with E-state index >= 15 is 0 Å². The van der Waals surface area contributed by atoms with E-state index < -0.39 is 0 Å². The van der Waals surface area contributed by atoms with Crippen molar-refractivity contribution in [2.75, 3.05) is 13.1 Å². The molecular formula is C12H19N5O. The fourth-order valence-corrected chi connectivity index (χ4v) is 2.94. The van der Waals surface area contributed by atoms with Gasteiger partial charge in [-0.3, -0.25) is 4.79 Å². The van der Waals surface area contributed by atoms with Gasteiger partial charge in [-0.15, -0.1) is 10.2 Å². The number of carbonyl (C=O) groups excluding carboxylic acids is 1. The van der Waals surface area contributed by atoms with Gasteiger partial charge in [0.2, 0.25) is 5.91 Å². The van der Waals surface area contributed by atoms with E-state index in [0.29, 0.717) is 23.7 Å². The number of piperidine rings is 1. The average molecular weight is 249 g/mol. The van der Waals surface area contributed by atoms with Crippen molar-refractivity contribution in [3.63, 3.8) is 0 Å². The fourth-order valence-electron chi connectivity index (χ4n) is 2.94. The average Bonchev–Trinajstić information content (AvgIpc) is 3.01. The summed E-state index contributed by atoms with van der Waals surface area (Å²) in [5, 5.41) is 14.1. The molecule has 0 bridgehead atoms. The van der Waals surface area contributed by atoms with Crippen molar-refractivity contribution in [3.05, 3.63) is 5.82 Å². The summed E-state index contributed by atoms with van der Waals surface area (Å²) < 4.78 is 0. The third kappa shape index (κ3) is 2.11. The largest absolute Gasteiger partial charge is 0.342 e. The lowest BCUT2D eigenvalue weighted by Crippen LogP contribution is -2.39. The van der Waals surface area contributed by atoms with Crippen molar-refractivity contribution in [1.82, 2.24) is 25.5 Å². The van der Waals surface area contributed by atoms with Gasteiger partial charge in [0.25, 0.3) is 0 Å². The Morgan fingerprint density at radius 3 is 2.78 bits per heavy atom. The molecule has 6 heteroatoms. The number of aromatic nitrogens is 4. The number of rotatable bonds is 3. The summed E-state index contributed by atoms with van der Waals surface area (Å²) in [6.07, 6.45) is 4.14. The SMILES string of the molecule is CC[C@@H]1C[C@H]1C(=O)N1CCC(c2nn[nH]n2)CC1. The van der Waals surface area contributed by atoms with Crippen LogP contribution in [0.1, 0.15) is 44.3 Å². The summed E-state index contributed by atoms with van der Waals surface area (Å²) in [6, 6.07) is 0. The van der Waals surface area contributed by atoms with Crippen molar-refractivity contribution in [2.24, 2.45) is 11.8 Å². The minimum Gasteiger partial charge on any atom is -0.342 e. The standard InChI is InChI=1S/C12H19N5O/c1-2-8-7-10(8)12(18)17-5-3-9(4-6-17)11-13-15-16-14-11/h8-10H,2-7H2,1H3,(H,13,14,15,16)/t8-,10-/m1/s1. The van der Waals surface area contributed by atoms with E-state index in [9.17, 15) is 4.79 Å². The van der Waals surface area contributed by atoms with Crippen molar-refractivity contribution < 1.29 is 4.79 Å². The predicted molar refractivity (Wildman–Crippen MR) is 64.6 cm³/mol. The first-order valence-corrected chi connectivity index (χ1v) is 6.81. The summed E-state index contributed by atoms with van der Waals surface area (Å²) in [5.74, 6) is 2.48.